The number of anilines is 2. The molecule has 0 bridgehead atoms. The molecule has 0 saturated carbocycles. The van der Waals surface area contributed by atoms with E-state index >= 15 is 0 Å². The first-order valence-corrected chi connectivity index (χ1v) is 8.50. The highest BCUT2D eigenvalue weighted by molar-refractivity contribution is 6.18. The molecule has 7 heteroatoms. The molecule has 1 aliphatic heterocycles. The SMILES string of the molecule is C=CCN1C(=O)NC(=O)[C@@H](C(=C)Nc2ccc(N(CC)CC)cc2)C1=O. The summed E-state index contributed by atoms with van der Waals surface area (Å²) in [5, 5.41) is 5.17. The summed E-state index contributed by atoms with van der Waals surface area (Å²) in [4.78, 5) is 39.5. The van der Waals surface area contributed by atoms with Crippen LogP contribution in [0.25, 0.3) is 0 Å². The van der Waals surface area contributed by atoms with E-state index in [0.29, 0.717) is 5.69 Å². The molecule has 1 aromatic carbocycles. The molecule has 1 atom stereocenters. The third-order valence-electron chi connectivity index (χ3n) is 4.21. The molecule has 0 aromatic heterocycles. The van der Waals surface area contributed by atoms with Gasteiger partial charge < -0.3 is 10.2 Å². The van der Waals surface area contributed by atoms with E-state index in [1.54, 1.807) is 0 Å². The van der Waals surface area contributed by atoms with Crippen LogP contribution in [-0.2, 0) is 9.59 Å². The van der Waals surface area contributed by atoms with Crippen molar-refractivity contribution < 1.29 is 14.4 Å². The Balaban J connectivity index is 2.13. The number of urea groups is 1. The van der Waals surface area contributed by atoms with Crippen LogP contribution in [0.2, 0.25) is 0 Å². The van der Waals surface area contributed by atoms with Crippen LogP contribution in [0, 0.1) is 5.92 Å². The van der Waals surface area contributed by atoms with Gasteiger partial charge in [-0.2, -0.15) is 0 Å². The van der Waals surface area contributed by atoms with Crippen LogP contribution in [0.4, 0.5) is 16.2 Å². The predicted molar refractivity (Wildman–Crippen MR) is 102 cm³/mol. The molecule has 1 fully saturated rings. The first-order valence-electron chi connectivity index (χ1n) is 8.50. The van der Waals surface area contributed by atoms with Crippen molar-refractivity contribution in [3.05, 3.63) is 49.2 Å². The topological polar surface area (TPSA) is 81.8 Å². The van der Waals surface area contributed by atoms with E-state index in [2.05, 4.69) is 42.5 Å². The highest BCUT2D eigenvalue weighted by Crippen LogP contribution is 2.23. The third kappa shape index (κ3) is 3.93. The van der Waals surface area contributed by atoms with Crippen LogP contribution in [0.5, 0.6) is 0 Å². The lowest BCUT2D eigenvalue weighted by atomic mass is 10.0. The second-order valence-electron chi connectivity index (χ2n) is 5.83. The Bertz CT molecular complexity index is 723. The average Bonchev–Trinajstić information content (AvgIpc) is 2.61. The van der Waals surface area contributed by atoms with Crippen LogP contribution < -0.4 is 15.5 Å². The van der Waals surface area contributed by atoms with Gasteiger partial charge in [-0.3, -0.25) is 19.8 Å². The molecule has 1 aliphatic rings. The zero-order chi connectivity index (χ0) is 19.3. The predicted octanol–water partition coefficient (Wildman–Crippen LogP) is 2.34. The zero-order valence-electron chi connectivity index (χ0n) is 15.1. The average molecular weight is 356 g/mol. The van der Waals surface area contributed by atoms with Crippen molar-refractivity contribution in [2.75, 3.05) is 29.9 Å². The summed E-state index contributed by atoms with van der Waals surface area (Å²) in [5.41, 5.74) is 2.00. The summed E-state index contributed by atoms with van der Waals surface area (Å²) in [5.74, 6) is -2.47. The van der Waals surface area contributed by atoms with Crippen LogP contribution in [0.1, 0.15) is 13.8 Å². The normalized spacial score (nSPS) is 16.9. The Kier molecular flexibility index (Phi) is 6.16. The molecule has 0 unspecified atom stereocenters. The van der Waals surface area contributed by atoms with Crippen molar-refractivity contribution in [1.82, 2.24) is 10.2 Å². The number of nitrogens with one attached hydrogen (secondary N) is 2. The lowest BCUT2D eigenvalue weighted by Gasteiger charge is -2.30. The number of benzene rings is 1. The second-order valence-corrected chi connectivity index (χ2v) is 5.83. The van der Waals surface area contributed by atoms with Gasteiger partial charge in [0.2, 0.25) is 11.8 Å². The Hall–Kier alpha value is -3.09. The van der Waals surface area contributed by atoms with Gasteiger partial charge in [-0.15, -0.1) is 6.58 Å². The first kappa shape index (κ1) is 19.2. The molecule has 4 amide bonds. The quantitative estimate of drug-likeness (QED) is 0.552. The van der Waals surface area contributed by atoms with E-state index in [1.165, 1.54) is 6.08 Å². The van der Waals surface area contributed by atoms with Gasteiger partial charge in [0.15, 0.2) is 5.92 Å². The largest absolute Gasteiger partial charge is 0.372 e. The van der Waals surface area contributed by atoms with E-state index in [1.807, 2.05) is 24.3 Å². The maximum Gasteiger partial charge on any atom is 0.331 e. The van der Waals surface area contributed by atoms with Gasteiger partial charge in [0.25, 0.3) is 0 Å². The van der Waals surface area contributed by atoms with Crippen molar-refractivity contribution in [3.8, 4) is 0 Å². The molecule has 2 N–H and O–H groups in total. The number of hydrogen-bond donors (Lipinski definition) is 2. The number of nitrogens with zero attached hydrogens (tertiary/aromatic N) is 2. The van der Waals surface area contributed by atoms with Crippen LogP contribution in [0.15, 0.2) is 49.2 Å². The smallest absolute Gasteiger partial charge is 0.331 e. The van der Waals surface area contributed by atoms with Crippen molar-refractivity contribution in [2.24, 2.45) is 5.92 Å². The second kappa shape index (κ2) is 8.33. The third-order valence-corrected chi connectivity index (χ3v) is 4.21. The van der Waals surface area contributed by atoms with Gasteiger partial charge >= 0.3 is 6.03 Å². The summed E-state index contributed by atoms with van der Waals surface area (Å²) >= 11 is 0. The summed E-state index contributed by atoms with van der Waals surface area (Å²) in [7, 11) is 0. The number of amides is 4. The van der Waals surface area contributed by atoms with Crippen LogP contribution in [-0.4, -0.2) is 42.4 Å². The summed E-state index contributed by atoms with van der Waals surface area (Å²) in [6, 6.07) is 6.89. The van der Waals surface area contributed by atoms with Gasteiger partial charge in [-0.25, -0.2) is 4.79 Å². The monoisotopic (exact) mass is 356 g/mol. The van der Waals surface area contributed by atoms with Gasteiger partial charge in [-0.05, 0) is 38.1 Å². The molecule has 1 aromatic rings. The molecular weight excluding hydrogens is 332 g/mol. The number of carbonyl (C=O) groups is 3. The molecule has 1 heterocycles. The number of barbiturate groups is 1. The van der Waals surface area contributed by atoms with E-state index < -0.39 is 23.8 Å². The molecule has 0 spiro atoms. The van der Waals surface area contributed by atoms with Gasteiger partial charge in [-0.1, -0.05) is 12.7 Å². The highest BCUT2D eigenvalue weighted by atomic mass is 16.2. The highest BCUT2D eigenvalue weighted by Gasteiger charge is 2.41. The van der Waals surface area contributed by atoms with Crippen molar-refractivity contribution >= 4 is 29.2 Å². The Morgan fingerprint density at radius 1 is 1.23 bits per heavy atom. The maximum atomic E-state index is 12.5. The number of imide groups is 2. The van der Waals surface area contributed by atoms with E-state index in [4.69, 9.17) is 0 Å². The number of rotatable bonds is 8. The number of carbonyl (C=O) groups excluding carboxylic acids is 3. The van der Waals surface area contributed by atoms with Crippen LogP contribution >= 0.6 is 0 Å². The fourth-order valence-electron chi connectivity index (χ4n) is 2.82. The molecule has 1 saturated heterocycles. The molecular formula is C19H24N4O3. The Morgan fingerprint density at radius 2 is 1.85 bits per heavy atom. The molecule has 7 nitrogen and oxygen atoms in total. The minimum atomic E-state index is -1.17. The van der Waals surface area contributed by atoms with E-state index in [-0.39, 0.29) is 12.2 Å². The maximum absolute atomic E-state index is 12.5. The van der Waals surface area contributed by atoms with E-state index in [0.717, 1.165) is 23.7 Å². The molecule has 0 radical (unpaired) electrons. The fourth-order valence-corrected chi connectivity index (χ4v) is 2.82. The Labute approximate surface area is 153 Å². The fraction of sp³-hybridized carbons (Fsp3) is 0.316. The Morgan fingerprint density at radius 3 is 2.38 bits per heavy atom. The summed E-state index contributed by atoms with van der Waals surface area (Å²) in [6.45, 7) is 13.3. The molecule has 0 aliphatic carbocycles. The molecule has 138 valence electrons. The standard InChI is InChI=1S/C19H24N4O3/c1-5-12-23-18(25)16(17(24)21-19(23)26)13(4)20-14-8-10-15(11-9-14)22(6-2)7-3/h5,8-11,16,20H,1,4,6-7,12H2,2-3H3,(H,21,24,26)/t16-/m1/s1. The van der Waals surface area contributed by atoms with Gasteiger partial charge in [0.1, 0.15) is 0 Å². The summed E-state index contributed by atoms with van der Waals surface area (Å²) < 4.78 is 0. The zero-order valence-corrected chi connectivity index (χ0v) is 15.1. The van der Waals surface area contributed by atoms with Crippen LogP contribution in [0.3, 0.4) is 0 Å². The van der Waals surface area contributed by atoms with Crippen molar-refractivity contribution in [3.63, 3.8) is 0 Å². The van der Waals surface area contributed by atoms with Crippen molar-refractivity contribution in [2.45, 2.75) is 13.8 Å². The molecule has 26 heavy (non-hydrogen) atoms. The van der Waals surface area contributed by atoms with E-state index in [9.17, 15) is 14.4 Å². The lowest BCUT2D eigenvalue weighted by molar-refractivity contribution is -0.140. The van der Waals surface area contributed by atoms with Gasteiger partial charge in [0.05, 0.1) is 0 Å². The number of hydrogen-bond acceptors (Lipinski definition) is 5. The summed E-state index contributed by atoms with van der Waals surface area (Å²) in [6.07, 6.45) is 1.42. The molecule has 2 rings (SSSR count). The van der Waals surface area contributed by atoms with Gasteiger partial charge in [0, 0.05) is 36.7 Å². The minimum Gasteiger partial charge on any atom is -0.372 e. The first-order chi connectivity index (χ1) is 12.4. The lowest BCUT2D eigenvalue weighted by Crippen LogP contribution is -2.58. The minimum absolute atomic E-state index is 0.0281. The van der Waals surface area contributed by atoms with Crippen molar-refractivity contribution in [1.29, 1.82) is 0 Å².